The first-order valence-corrected chi connectivity index (χ1v) is 9.63. The lowest BCUT2D eigenvalue weighted by molar-refractivity contribution is -0.141. The molecular weight excluding hydrogens is 426 g/mol. The Morgan fingerprint density at radius 1 is 1.16 bits per heavy atom. The molecule has 0 aromatic carbocycles. The van der Waals surface area contributed by atoms with Gasteiger partial charge in [0, 0.05) is 24.9 Å². The van der Waals surface area contributed by atoms with Crippen LogP contribution in [0.5, 0.6) is 0 Å². The van der Waals surface area contributed by atoms with Crippen LogP contribution in [0.1, 0.15) is 18.5 Å². The van der Waals surface area contributed by atoms with Crippen molar-refractivity contribution in [3.63, 3.8) is 0 Å². The highest BCUT2D eigenvalue weighted by Crippen LogP contribution is 2.01. The molecule has 1 aromatic rings. The number of imidazole rings is 1. The lowest BCUT2D eigenvalue weighted by atomic mass is 10.1. The minimum atomic E-state index is -1.26. The summed E-state index contributed by atoms with van der Waals surface area (Å²) in [6.45, 7) is -0.955. The van der Waals surface area contributed by atoms with Gasteiger partial charge in [-0.25, -0.2) is 9.78 Å². The second kappa shape index (κ2) is 13.6. The lowest BCUT2D eigenvalue weighted by Crippen LogP contribution is -2.54. The van der Waals surface area contributed by atoms with Crippen LogP contribution in [0.4, 0.5) is 0 Å². The maximum atomic E-state index is 12.5. The maximum Gasteiger partial charge on any atom is 0.326 e. The number of aliphatic hydroxyl groups is 1. The van der Waals surface area contributed by atoms with E-state index in [-0.39, 0.29) is 25.3 Å². The van der Waals surface area contributed by atoms with Crippen molar-refractivity contribution < 1.29 is 29.4 Å². The van der Waals surface area contributed by atoms with Gasteiger partial charge < -0.3 is 48.3 Å². The SMILES string of the molecule is NC(N)=NCCCC(NC(=O)C(N)CO)C(=O)NCC(=O)NC(Cc1cnc[nH]1)C(=O)O. The molecule has 0 saturated heterocycles. The molecule has 178 valence electrons. The zero-order valence-corrected chi connectivity index (χ0v) is 17.3. The summed E-state index contributed by atoms with van der Waals surface area (Å²) in [6, 6.07) is -3.55. The number of aliphatic hydroxyl groups excluding tert-OH is 1. The number of guanidine groups is 1. The first kappa shape index (κ1) is 26.3. The van der Waals surface area contributed by atoms with E-state index in [1.807, 2.05) is 0 Å². The van der Waals surface area contributed by atoms with Crippen LogP contribution in [0.15, 0.2) is 17.5 Å². The molecule has 3 amide bonds. The molecule has 0 radical (unpaired) electrons. The number of carbonyl (C=O) groups is 4. The first-order chi connectivity index (χ1) is 15.1. The molecule has 3 unspecified atom stereocenters. The highest BCUT2D eigenvalue weighted by atomic mass is 16.4. The second-order valence-electron chi connectivity index (χ2n) is 6.76. The molecule has 32 heavy (non-hydrogen) atoms. The van der Waals surface area contributed by atoms with Gasteiger partial charge in [-0.05, 0) is 12.8 Å². The van der Waals surface area contributed by atoms with E-state index in [0.29, 0.717) is 12.1 Å². The average Bonchev–Trinajstić information content (AvgIpc) is 3.25. The molecule has 0 bridgehead atoms. The van der Waals surface area contributed by atoms with Gasteiger partial charge in [-0.2, -0.15) is 0 Å². The predicted molar refractivity (Wildman–Crippen MR) is 112 cm³/mol. The van der Waals surface area contributed by atoms with Crippen molar-refractivity contribution in [3.05, 3.63) is 18.2 Å². The maximum absolute atomic E-state index is 12.5. The molecule has 0 spiro atoms. The third-order valence-corrected chi connectivity index (χ3v) is 4.15. The number of nitrogens with one attached hydrogen (secondary N) is 4. The van der Waals surface area contributed by atoms with Gasteiger partial charge in [-0.1, -0.05) is 0 Å². The van der Waals surface area contributed by atoms with Crippen molar-refractivity contribution in [3.8, 4) is 0 Å². The molecule has 12 N–H and O–H groups in total. The normalized spacial score (nSPS) is 13.3. The number of carbonyl (C=O) groups excluding carboxylic acids is 3. The van der Waals surface area contributed by atoms with Crippen molar-refractivity contribution in [2.45, 2.75) is 37.4 Å². The van der Waals surface area contributed by atoms with E-state index in [4.69, 9.17) is 22.3 Å². The topological polar surface area (TPSA) is 264 Å². The Kier molecular flexibility index (Phi) is 11.1. The number of aromatic nitrogens is 2. The molecule has 0 aliphatic heterocycles. The second-order valence-corrected chi connectivity index (χ2v) is 6.76. The van der Waals surface area contributed by atoms with Crippen LogP contribution in [0.2, 0.25) is 0 Å². The third kappa shape index (κ3) is 9.86. The van der Waals surface area contributed by atoms with Gasteiger partial charge in [0.05, 0.1) is 19.5 Å². The highest BCUT2D eigenvalue weighted by Gasteiger charge is 2.25. The molecular formula is C17H29N9O6. The van der Waals surface area contributed by atoms with Crippen LogP contribution in [0, 0.1) is 0 Å². The molecule has 0 aliphatic rings. The van der Waals surface area contributed by atoms with Crippen LogP contribution in [0.25, 0.3) is 0 Å². The van der Waals surface area contributed by atoms with Crippen LogP contribution < -0.4 is 33.2 Å². The summed E-state index contributed by atoms with van der Waals surface area (Å²) in [6.07, 6.45) is 3.21. The van der Waals surface area contributed by atoms with Gasteiger partial charge in [0.25, 0.3) is 0 Å². The summed E-state index contributed by atoms with van der Waals surface area (Å²) >= 11 is 0. The van der Waals surface area contributed by atoms with Gasteiger partial charge in [-0.15, -0.1) is 0 Å². The molecule has 1 aromatic heterocycles. The monoisotopic (exact) mass is 455 g/mol. The minimum absolute atomic E-state index is 0.0302. The fourth-order valence-electron chi connectivity index (χ4n) is 2.49. The number of carboxylic acids is 1. The van der Waals surface area contributed by atoms with Crippen molar-refractivity contribution >= 4 is 29.7 Å². The lowest BCUT2D eigenvalue weighted by Gasteiger charge is -2.20. The average molecular weight is 455 g/mol. The first-order valence-electron chi connectivity index (χ1n) is 9.63. The van der Waals surface area contributed by atoms with Gasteiger partial charge in [0.2, 0.25) is 17.7 Å². The quantitative estimate of drug-likeness (QED) is 0.0736. The number of amides is 3. The van der Waals surface area contributed by atoms with E-state index in [1.54, 1.807) is 0 Å². The van der Waals surface area contributed by atoms with Crippen molar-refractivity contribution in [1.29, 1.82) is 0 Å². The summed E-state index contributed by atoms with van der Waals surface area (Å²) in [7, 11) is 0. The Morgan fingerprint density at radius 3 is 2.44 bits per heavy atom. The fraction of sp³-hybridized carbons (Fsp3) is 0.529. The van der Waals surface area contributed by atoms with Gasteiger partial charge in [0.1, 0.15) is 18.1 Å². The molecule has 15 nitrogen and oxygen atoms in total. The number of carboxylic acid groups (broad SMARTS) is 1. The Bertz CT molecular complexity index is 794. The zero-order chi connectivity index (χ0) is 24.1. The van der Waals surface area contributed by atoms with Crippen LogP contribution in [0.3, 0.4) is 0 Å². The molecule has 0 aliphatic carbocycles. The van der Waals surface area contributed by atoms with Crippen LogP contribution in [-0.2, 0) is 25.6 Å². The molecule has 0 saturated carbocycles. The number of nitrogens with zero attached hydrogens (tertiary/aromatic N) is 2. The number of aliphatic imine (C=N–C) groups is 1. The van der Waals surface area contributed by atoms with Gasteiger partial charge in [0.15, 0.2) is 5.96 Å². The van der Waals surface area contributed by atoms with E-state index in [2.05, 4.69) is 30.9 Å². The molecule has 1 heterocycles. The van der Waals surface area contributed by atoms with Crippen molar-refractivity contribution in [1.82, 2.24) is 25.9 Å². The summed E-state index contributed by atoms with van der Waals surface area (Å²) in [5.74, 6) is -3.60. The minimum Gasteiger partial charge on any atom is -0.480 e. The number of aromatic amines is 1. The Morgan fingerprint density at radius 2 is 1.88 bits per heavy atom. The molecule has 15 heteroatoms. The van der Waals surface area contributed by atoms with Crippen LogP contribution >= 0.6 is 0 Å². The Balaban J connectivity index is 2.65. The van der Waals surface area contributed by atoms with Crippen molar-refractivity contribution in [2.24, 2.45) is 22.2 Å². The van der Waals surface area contributed by atoms with E-state index >= 15 is 0 Å². The molecule has 1 rings (SSSR count). The Hall–Kier alpha value is -3.72. The summed E-state index contributed by atoms with van der Waals surface area (Å²) in [4.78, 5) is 58.2. The number of hydrogen-bond acceptors (Lipinski definition) is 8. The summed E-state index contributed by atoms with van der Waals surface area (Å²) < 4.78 is 0. The number of rotatable bonds is 14. The predicted octanol–water partition coefficient (Wildman–Crippen LogP) is -4.50. The van der Waals surface area contributed by atoms with Gasteiger partial charge in [-0.3, -0.25) is 19.4 Å². The smallest absolute Gasteiger partial charge is 0.326 e. The standard InChI is InChI=1S/C17H29N9O6/c18-10(7-27)14(29)26-11(2-1-3-22-17(19)20)15(30)23-6-13(28)25-12(16(31)32)4-9-5-21-8-24-9/h5,8,10-12,27H,1-4,6-7,18H2,(H,21,24)(H,23,30)(H,25,28)(H,26,29)(H,31,32)(H4,19,20,22). The van der Waals surface area contributed by atoms with E-state index in [0.717, 1.165) is 0 Å². The third-order valence-electron chi connectivity index (χ3n) is 4.15. The van der Waals surface area contributed by atoms with Crippen molar-refractivity contribution in [2.75, 3.05) is 19.7 Å². The van der Waals surface area contributed by atoms with E-state index in [1.165, 1.54) is 12.5 Å². The van der Waals surface area contributed by atoms with Crippen LogP contribution in [-0.4, -0.2) is 87.7 Å². The van der Waals surface area contributed by atoms with Gasteiger partial charge >= 0.3 is 5.97 Å². The number of hydrogen-bond donors (Lipinski definition) is 9. The Labute approximate surface area is 183 Å². The number of H-pyrrole nitrogens is 1. The zero-order valence-electron chi connectivity index (χ0n) is 17.3. The number of aliphatic carboxylic acids is 1. The largest absolute Gasteiger partial charge is 0.480 e. The highest BCUT2D eigenvalue weighted by molar-refractivity contribution is 5.92. The van der Waals surface area contributed by atoms with E-state index < -0.39 is 55.0 Å². The van der Waals surface area contributed by atoms with E-state index in [9.17, 15) is 24.3 Å². The molecule has 0 fully saturated rings. The summed E-state index contributed by atoms with van der Waals surface area (Å²) in [5.41, 5.74) is 16.4. The number of nitrogens with two attached hydrogens (primary N) is 3. The summed E-state index contributed by atoms with van der Waals surface area (Å²) in [5, 5.41) is 25.3. The fourth-order valence-corrected chi connectivity index (χ4v) is 2.49. The molecule has 3 atom stereocenters.